The second-order valence-corrected chi connectivity index (χ2v) is 17.0. The molecule has 0 aliphatic heterocycles. The number of fused-ring (bicyclic) bond motifs is 16. The number of para-hydroxylation sites is 4. The number of ether oxygens (including phenoxy) is 1. The maximum atomic E-state index is 6.86. The molecule has 0 aliphatic rings. The zero-order valence-corrected chi connectivity index (χ0v) is 35.1. The zero-order valence-electron chi connectivity index (χ0n) is 35.1. The Balaban J connectivity index is 1.05. The smallest absolute Gasteiger partial charge is 0.146 e. The summed E-state index contributed by atoms with van der Waals surface area (Å²) in [5.74, 6) is 1.50. The number of aromatic nitrogens is 4. The normalized spacial score (nSPS) is 12.1. The standard InChI is InChI=1S/C56H42N4O/c1-31-23-33(3)53(34(4)24-31)37-15-21-49-43(27-37)41-19-17-39(29-45(41)55-57-47-11-7-9-13-51(47)59(49)55)61-40-18-20-42-44-28-38(54-35(5)25-32(2)26-36(54)6)16-22-50(44)60-52-14-10-8-12-48(52)58-56(60)46(42)30-40/h7-30H,1-6H3. The molecule has 5 heteroatoms. The highest BCUT2D eigenvalue weighted by atomic mass is 16.5. The molecule has 4 aromatic heterocycles. The Labute approximate surface area is 353 Å². The van der Waals surface area contributed by atoms with Crippen LogP contribution in [0.15, 0.2) is 146 Å². The molecular formula is C56H42N4O. The maximum Gasteiger partial charge on any atom is 0.146 e. The van der Waals surface area contributed by atoms with Gasteiger partial charge in [0.1, 0.15) is 22.8 Å². The van der Waals surface area contributed by atoms with E-state index in [1.165, 1.54) is 66.4 Å². The van der Waals surface area contributed by atoms with Gasteiger partial charge in [0.2, 0.25) is 0 Å². The minimum absolute atomic E-state index is 0.749. The van der Waals surface area contributed by atoms with Crippen LogP contribution >= 0.6 is 0 Å². The van der Waals surface area contributed by atoms with Crippen molar-refractivity contribution in [3.63, 3.8) is 0 Å². The Morgan fingerprint density at radius 3 is 1.20 bits per heavy atom. The van der Waals surface area contributed by atoms with Gasteiger partial charge in [0.15, 0.2) is 0 Å². The summed E-state index contributed by atoms with van der Waals surface area (Å²) in [7, 11) is 0. The first-order chi connectivity index (χ1) is 29.7. The summed E-state index contributed by atoms with van der Waals surface area (Å²) >= 11 is 0. The second kappa shape index (κ2) is 13.0. The van der Waals surface area contributed by atoms with Gasteiger partial charge in [-0.2, -0.15) is 0 Å². The van der Waals surface area contributed by atoms with Crippen molar-refractivity contribution in [2.75, 3.05) is 0 Å². The number of rotatable bonds is 4. The van der Waals surface area contributed by atoms with Crippen LogP contribution in [0.5, 0.6) is 11.5 Å². The number of imidazole rings is 2. The number of hydrogen-bond acceptors (Lipinski definition) is 3. The third-order valence-electron chi connectivity index (χ3n) is 12.8. The van der Waals surface area contributed by atoms with Crippen molar-refractivity contribution in [1.29, 1.82) is 0 Å². The van der Waals surface area contributed by atoms with Crippen molar-refractivity contribution >= 4 is 76.7 Å². The fourth-order valence-electron chi connectivity index (χ4n) is 10.5. The summed E-state index contributed by atoms with van der Waals surface area (Å²) in [4.78, 5) is 10.5. The molecule has 292 valence electrons. The Morgan fingerprint density at radius 1 is 0.361 bits per heavy atom. The van der Waals surface area contributed by atoms with E-state index in [-0.39, 0.29) is 0 Å². The molecule has 12 rings (SSSR count). The van der Waals surface area contributed by atoms with Gasteiger partial charge in [-0.05, 0) is 182 Å². The highest BCUT2D eigenvalue weighted by Crippen LogP contribution is 2.41. The monoisotopic (exact) mass is 786 g/mol. The molecule has 4 heterocycles. The summed E-state index contributed by atoms with van der Waals surface area (Å²) in [5.41, 5.74) is 20.9. The lowest BCUT2D eigenvalue weighted by molar-refractivity contribution is 0.484. The van der Waals surface area contributed by atoms with E-state index in [0.717, 1.165) is 77.4 Å². The lowest BCUT2D eigenvalue weighted by atomic mass is 9.92. The van der Waals surface area contributed by atoms with Crippen LogP contribution in [-0.2, 0) is 0 Å². The van der Waals surface area contributed by atoms with Crippen molar-refractivity contribution in [3.8, 4) is 33.8 Å². The van der Waals surface area contributed by atoms with Crippen LogP contribution in [0.25, 0.3) is 99.0 Å². The van der Waals surface area contributed by atoms with Crippen LogP contribution in [0.4, 0.5) is 0 Å². The lowest BCUT2D eigenvalue weighted by Gasteiger charge is -2.16. The fraction of sp³-hybridized carbons (Fsp3) is 0.107. The van der Waals surface area contributed by atoms with Gasteiger partial charge in [0.05, 0.1) is 33.1 Å². The van der Waals surface area contributed by atoms with E-state index >= 15 is 0 Å². The molecule has 0 unspecified atom stereocenters. The van der Waals surface area contributed by atoms with Crippen molar-refractivity contribution in [2.24, 2.45) is 0 Å². The molecule has 0 aliphatic carbocycles. The number of pyridine rings is 2. The molecule has 0 N–H and O–H groups in total. The Hall–Kier alpha value is -7.50. The van der Waals surface area contributed by atoms with Crippen LogP contribution in [0.3, 0.4) is 0 Å². The van der Waals surface area contributed by atoms with E-state index in [2.05, 4.69) is 196 Å². The quantitative estimate of drug-likeness (QED) is 0.167. The van der Waals surface area contributed by atoms with Gasteiger partial charge in [0.25, 0.3) is 0 Å². The Kier molecular flexibility index (Phi) is 7.55. The Bertz CT molecular complexity index is 3570. The predicted octanol–water partition coefficient (Wildman–Crippen LogP) is 14.9. The predicted molar refractivity (Wildman–Crippen MR) is 255 cm³/mol. The van der Waals surface area contributed by atoms with E-state index in [9.17, 15) is 0 Å². The largest absolute Gasteiger partial charge is 0.457 e. The average molecular weight is 787 g/mol. The van der Waals surface area contributed by atoms with E-state index in [4.69, 9.17) is 14.7 Å². The number of aryl methyl sites for hydroxylation is 6. The second-order valence-electron chi connectivity index (χ2n) is 17.0. The van der Waals surface area contributed by atoms with Gasteiger partial charge in [0, 0.05) is 21.5 Å². The summed E-state index contributed by atoms with van der Waals surface area (Å²) in [6.45, 7) is 13.2. The van der Waals surface area contributed by atoms with Crippen LogP contribution in [-0.4, -0.2) is 18.8 Å². The van der Waals surface area contributed by atoms with E-state index in [1.807, 2.05) is 0 Å². The van der Waals surface area contributed by atoms with Crippen molar-refractivity contribution in [3.05, 3.63) is 179 Å². The first kappa shape index (κ1) is 35.4. The highest BCUT2D eigenvalue weighted by Gasteiger charge is 2.19. The van der Waals surface area contributed by atoms with Crippen LogP contribution in [0.1, 0.15) is 33.4 Å². The average Bonchev–Trinajstić information content (AvgIpc) is 3.83. The molecule has 5 nitrogen and oxygen atoms in total. The van der Waals surface area contributed by atoms with E-state index < -0.39 is 0 Å². The van der Waals surface area contributed by atoms with E-state index in [0.29, 0.717) is 0 Å². The van der Waals surface area contributed by atoms with Gasteiger partial charge < -0.3 is 4.74 Å². The molecular weight excluding hydrogens is 745 g/mol. The highest BCUT2D eigenvalue weighted by molar-refractivity contribution is 6.16. The maximum absolute atomic E-state index is 6.86. The first-order valence-corrected chi connectivity index (χ1v) is 21.1. The summed E-state index contributed by atoms with van der Waals surface area (Å²) in [5, 5.41) is 6.71. The van der Waals surface area contributed by atoms with Gasteiger partial charge in [-0.3, -0.25) is 8.80 Å². The minimum atomic E-state index is 0.749. The zero-order chi connectivity index (χ0) is 41.3. The lowest BCUT2D eigenvalue weighted by Crippen LogP contribution is -1.95. The first-order valence-electron chi connectivity index (χ1n) is 21.1. The molecule has 0 spiro atoms. The molecule has 8 aromatic carbocycles. The van der Waals surface area contributed by atoms with Crippen LogP contribution in [0, 0.1) is 41.5 Å². The summed E-state index contributed by atoms with van der Waals surface area (Å²) in [6, 6.07) is 52.6. The molecule has 0 fully saturated rings. The van der Waals surface area contributed by atoms with Crippen LogP contribution < -0.4 is 4.74 Å². The summed E-state index contributed by atoms with van der Waals surface area (Å²) < 4.78 is 11.5. The van der Waals surface area contributed by atoms with Crippen molar-refractivity contribution in [1.82, 2.24) is 18.8 Å². The van der Waals surface area contributed by atoms with Crippen molar-refractivity contribution in [2.45, 2.75) is 41.5 Å². The Morgan fingerprint density at radius 2 is 0.770 bits per heavy atom. The molecule has 0 bridgehead atoms. The molecule has 61 heavy (non-hydrogen) atoms. The molecule has 0 amide bonds. The van der Waals surface area contributed by atoms with Crippen molar-refractivity contribution < 1.29 is 4.74 Å². The van der Waals surface area contributed by atoms with Gasteiger partial charge >= 0.3 is 0 Å². The molecule has 12 aromatic rings. The van der Waals surface area contributed by atoms with E-state index in [1.54, 1.807) is 0 Å². The van der Waals surface area contributed by atoms with Gasteiger partial charge in [-0.15, -0.1) is 0 Å². The number of benzene rings is 8. The minimum Gasteiger partial charge on any atom is -0.457 e. The molecule has 0 radical (unpaired) electrons. The van der Waals surface area contributed by atoms with Crippen LogP contribution in [0.2, 0.25) is 0 Å². The SMILES string of the molecule is Cc1cc(C)c(-c2ccc3c(c2)c2ccc(Oc4ccc5c6cc(-c7c(C)cc(C)cc7C)ccc6n6c7ccccc7nc6c5c4)cc2c2nc4ccccc4n32)c(C)c1. The third kappa shape index (κ3) is 5.33. The third-order valence-corrected chi connectivity index (χ3v) is 12.8. The molecule has 0 saturated carbocycles. The molecule has 0 atom stereocenters. The topological polar surface area (TPSA) is 43.8 Å². The van der Waals surface area contributed by atoms with Gasteiger partial charge in [-0.25, -0.2) is 9.97 Å². The van der Waals surface area contributed by atoms with Gasteiger partial charge in [-0.1, -0.05) is 71.8 Å². The number of hydrogen-bond donors (Lipinski definition) is 0. The molecule has 0 saturated heterocycles. The summed E-state index contributed by atoms with van der Waals surface area (Å²) in [6.07, 6.45) is 0. The fourth-order valence-corrected chi connectivity index (χ4v) is 10.5. The number of nitrogens with zero attached hydrogens (tertiary/aromatic N) is 4.